The molecule has 0 heterocycles. The van der Waals surface area contributed by atoms with Crippen LogP contribution in [-0.2, 0) is 26.2 Å². The van der Waals surface area contributed by atoms with Crippen LogP contribution in [0, 0.1) is 0 Å². The van der Waals surface area contributed by atoms with Crippen molar-refractivity contribution in [3.8, 4) is 5.75 Å². The van der Waals surface area contributed by atoms with Gasteiger partial charge in [0.1, 0.15) is 18.3 Å². The molecule has 0 aromatic heterocycles. The fourth-order valence-electron chi connectivity index (χ4n) is 3.18. The third-order valence-corrected chi connectivity index (χ3v) is 6.72. The van der Waals surface area contributed by atoms with Gasteiger partial charge in [0.25, 0.3) is 0 Å². The van der Waals surface area contributed by atoms with Crippen molar-refractivity contribution in [1.82, 2.24) is 10.2 Å². The first-order chi connectivity index (χ1) is 15.8. The molecule has 8 nitrogen and oxygen atoms in total. The number of hydrogen-bond acceptors (Lipinski definition) is 5. The molecule has 186 valence electrons. The van der Waals surface area contributed by atoms with Crippen molar-refractivity contribution < 1.29 is 22.7 Å². The molecule has 2 amide bonds. The molecule has 0 spiro atoms. The largest absolute Gasteiger partial charge is 0.497 e. The molecule has 2 rings (SSSR count). The van der Waals surface area contributed by atoms with Gasteiger partial charge in [0.2, 0.25) is 21.8 Å². The molecule has 0 fully saturated rings. The number of amides is 2. The lowest BCUT2D eigenvalue weighted by atomic mass is 10.1. The maximum absolute atomic E-state index is 13.5. The fourth-order valence-corrected chi connectivity index (χ4v) is 4.50. The lowest BCUT2D eigenvalue weighted by Crippen LogP contribution is -2.52. The number of nitrogens with zero attached hydrogens (tertiary/aromatic N) is 2. The van der Waals surface area contributed by atoms with Gasteiger partial charge in [-0.25, -0.2) is 8.42 Å². The summed E-state index contributed by atoms with van der Waals surface area (Å²) in [5, 5.41) is 3.54. The molecular weight excluding hydrogens is 501 g/mol. The average molecular weight is 530 g/mol. The maximum Gasteiger partial charge on any atom is 0.244 e. The van der Waals surface area contributed by atoms with Gasteiger partial charge in [-0.1, -0.05) is 29.3 Å². The smallest absolute Gasteiger partial charge is 0.244 e. The molecule has 1 atom stereocenters. The number of benzene rings is 2. The van der Waals surface area contributed by atoms with E-state index in [-0.39, 0.29) is 18.5 Å². The van der Waals surface area contributed by atoms with Crippen molar-refractivity contribution in [1.29, 1.82) is 0 Å². The second-order valence-electron chi connectivity index (χ2n) is 8.06. The lowest BCUT2D eigenvalue weighted by Gasteiger charge is -2.32. The van der Waals surface area contributed by atoms with E-state index in [9.17, 15) is 18.0 Å². The first-order valence-electron chi connectivity index (χ1n) is 10.5. The van der Waals surface area contributed by atoms with Gasteiger partial charge in [-0.2, -0.15) is 0 Å². The minimum Gasteiger partial charge on any atom is -0.497 e. The monoisotopic (exact) mass is 529 g/mol. The summed E-state index contributed by atoms with van der Waals surface area (Å²) >= 11 is 12.3. The van der Waals surface area contributed by atoms with Crippen LogP contribution in [0.15, 0.2) is 42.5 Å². The second-order valence-corrected chi connectivity index (χ2v) is 10.8. The number of sulfonamides is 1. The normalized spacial score (nSPS) is 12.2. The van der Waals surface area contributed by atoms with Gasteiger partial charge in [0, 0.05) is 22.6 Å². The molecule has 0 aliphatic heterocycles. The standard InChI is InChI=1S/C23H29Cl2N3O5S/c1-15(2)26-23(30)16(3)27(13-17-6-7-18(24)12-21(17)25)22(29)14-28(34(5,31)32)19-8-10-20(33-4)11-9-19/h6-12,15-16H,13-14H2,1-5H3,(H,26,30)/t16-/m0/s1. The van der Waals surface area contributed by atoms with Crippen LogP contribution in [0.1, 0.15) is 26.3 Å². The Morgan fingerprint density at radius 3 is 2.18 bits per heavy atom. The lowest BCUT2D eigenvalue weighted by molar-refractivity contribution is -0.139. The van der Waals surface area contributed by atoms with Crippen molar-refractivity contribution >= 4 is 50.7 Å². The number of rotatable bonds is 10. The predicted octanol–water partition coefficient (Wildman–Crippen LogP) is 3.71. The van der Waals surface area contributed by atoms with Crippen LogP contribution in [0.3, 0.4) is 0 Å². The maximum atomic E-state index is 13.5. The van der Waals surface area contributed by atoms with Crippen LogP contribution in [0.4, 0.5) is 5.69 Å². The Hall–Kier alpha value is -2.49. The molecule has 0 radical (unpaired) electrons. The zero-order valence-electron chi connectivity index (χ0n) is 19.7. The van der Waals surface area contributed by atoms with E-state index in [1.165, 1.54) is 12.0 Å². The van der Waals surface area contributed by atoms with Crippen molar-refractivity contribution in [2.45, 2.75) is 39.4 Å². The molecule has 0 saturated heterocycles. The number of ether oxygens (including phenoxy) is 1. The summed E-state index contributed by atoms with van der Waals surface area (Å²) in [5.74, 6) is -0.399. The summed E-state index contributed by atoms with van der Waals surface area (Å²) in [6, 6.07) is 10.1. The fraction of sp³-hybridized carbons (Fsp3) is 0.391. The number of carbonyl (C=O) groups excluding carboxylic acids is 2. The van der Waals surface area contributed by atoms with E-state index in [0.717, 1.165) is 10.6 Å². The van der Waals surface area contributed by atoms with Gasteiger partial charge in [-0.15, -0.1) is 0 Å². The molecule has 2 aromatic carbocycles. The Bertz CT molecular complexity index is 1120. The summed E-state index contributed by atoms with van der Waals surface area (Å²) in [4.78, 5) is 27.5. The summed E-state index contributed by atoms with van der Waals surface area (Å²) in [6.45, 7) is 4.68. The average Bonchev–Trinajstić information content (AvgIpc) is 2.75. The van der Waals surface area contributed by atoms with E-state index in [0.29, 0.717) is 27.0 Å². The number of anilines is 1. The molecular formula is C23H29Cl2N3O5S. The third-order valence-electron chi connectivity index (χ3n) is 4.99. The molecule has 34 heavy (non-hydrogen) atoms. The first-order valence-corrected chi connectivity index (χ1v) is 13.1. The Labute approximate surface area is 210 Å². The molecule has 2 aromatic rings. The number of nitrogens with one attached hydrogen (secondary N) is 1. The quantitative estimate of drug-likeness (QED) is 0.506. The number of halogens is 2. The van der Waals surface area contributed by atoms with Crippen LogP contribution >= 0.6 is 23.2 Å². The van der Waals surface area contributed by atoms with E-state index in [1.54, 1.807) is 49.4 Å². The minimum absolute atomic E-state index is 0.0122. The molecule has 0 aliphatic rings. The molecule has 0 aliphatic carbocycles. The Kier molecular flexibility index (Phi) is 9.61. The minimum atomic E-state index is -3.82. The highest BCUT2D eigenvalue weighted by atomic mass is 35.5. The van der Waals surface area contributed by atoms with Crippen LogP contribution in [0.5, 0.6) is 5.75 Å². The molecule has 1 N–H and O–H groups in total. The van der Waals surface area contributed by atoms with Crippen molar-refractivity contribution in [2.24, 2.45) is 0 Å². The summed E-state index contributed by atoms with van der Waals surface area (Å²) < 4.78 is 31.2. The van der Waals surface area contributed by atoms with E-state index in [4.69, 9.17) is 27.9 Å². The zero-order chi connectivity index (χ0) is 25.6. The summed E-state index contributed by atoms with van der Waals surface area (Å²) in [6.07, 6.45) is 1.01. The molecule has 0 unspecified atom stereocenters. The van der Waals surface area contributed by atoms with Gasteiger partial charge in [0.15, 0.2) is 0 Å². The Morgan fingerprint density at radius 2 is 1.68 bits per heavy atom. The van der Waals surface area contributed by atoms with Crippen LogP contribution in [0.2, 0.25) is 10.0 Å². The number of methoxy groups -OCH3 is 1. The van der Waals surface area contributed by atoms with E-state index >= 15 is 0 Å². The highest BCUT2D eigenvalue weighted by molar-refractivity contribution is 7.92. The zero-order valence-corrected chi connectivity index (χ0v) is 22.0. The van der Waals surface area contributed by atoms with Crippen LogP contribution in [0.25, 0.3) is 0 Å². The molecule has 0 saturated carbocycles. The topological polar surface area (TPSA) is 96.0 Å². The van der Waals surface area contributed by atoms with E-state index < -0.39 is 28.5 Å². The van der Waals surface area contributed by atoms with E-state index in [1.807, 2.05) is 13.8 Å². The van der Waals surface area contributed by atoms with Crippen LogP contribution < -0.4 is 14.4 Å². The predicted molar refractivity (Wildman–Crippen MR) is 135 cm³/mol. The van der Waals surface area contributed by atoms with Gasteiger partial charge >= 0.3 is 0 Å². The Balaban J connectivity index is 2.41. The number of hydrogen-bond donors (Lipinski definition) is 1. The van der Waals surface area contributed by atoms with Crippen molar-refractivity contribution in [2.75, 3.05) is 24.2 Å². The van der Waals surface area contributed by atoms with Crippen molar-refractivity contribution in [3.63, 3.8) is 0 Å². The van der Waals surface area contributed by atoms with Gasteiger partial charge < -0.3 is 15.0 Å². The van der Waals surface area contributed by atoms with E-state index in [2.05, 4.69) is 5.32 Å². The first kappa shape index (κ1) is 27.8. The summed E-state index contributed by atoms with van der Waals surface area (Å²) in [7, 11) is -2.32. The molecule has 11 heteroatoms. The van der Waals surface area contributed by atoms with Gasteiger partial charge in [-0.05, 0) is 62.7 Å². The highest BCUT2D eigenvalue weighted by Gasteiger charge is 2.30. The SMILES string of the molecule is COc1ccc(N(CC(=O)N(Cc2ccc(Cl)cc2Cl)[C@@H](C)C(=O)NC(C)C)S(C)(=O)=O)cc1. The molecule has 0 bridgehead atoms. The van der Waals surface area contributed by atoms with Gasteiger partial charge in [0.05, 0.1) is 19.1 Å². The summed E-state index contributed by atoms with van der Waals surface area (Å²) in [5.41, 5.74) is 0.861. The highest BCUT2D eigenvalue weighted by Crippen LogP contribution is 2.25. The van der Waals surface area contributed by atoms with Gasteiger partial charge in [-0.3, -0.25) is 13.9 Å². The van der Waals surface area contributed by atoms with Crippen molar-refractivity contribution in [3.05, 3.63) is 58.1 Å². The third kappa shape index (κ3) is 7.51. The second kappa shape index (κ2) is 11.8. The number of carbonyl (C=O) groups is 2. The van der Waals surface area contributed by atoms with Crippen LogP contribution in [-0.4, -0.2) is 57.1 Å². The Morgan fingerprint density at radius 1 is 1.06 bits per heavy atom.